The summed E-state index contributed by atoms with van der Waals surface area (Å²) in [5, 5.41) is 3.56. The lowest BCUT2D eigenvalue weighted by atomic mass is 9.97. The van der Waals surface area contributed by atoms with Crippen LogP contribution in [0.5, 0.6) is 0 Å². The fraction of sp³-hybridized carbons (Fsp3) is 0.350. The van der Waals surface area contributed by atoms with Gasteiger partial charge in [-0.1, -0.05) is 32.0 Å². The number of thiophene rings is 1. The molecule has 5 nitrogen and oxygen atoms in total. The molecule has 0 aliphatic rings. The zero-order valence-corrected chi connectivity index (χ0v) is 16.3. The molecule has 26 heavy (non-hydrogen) atoms. The molecule has 3 aromatic rings. The molecule has 0 spiro atoms. The summed E-state index contributed by atoms with van der Waals surface area (Å²) in [6, 6.07) is 7.80. The van der Waals surface area contributed by atoms with E-state index in [1.807, 2.05) is 38.1 Å². The third-order valence-corrected chi connectivity index (χ3v) is 5.96. The Morgan fingerprint density at radius 2 is 2.04 bits per heavy atom. The number of hydrogen-bond acceptors (Lipinski definition) is 4. The number of para-hydroxylation sites is 1. The smallest absolute Gasteiger partial charge is 0.262 e. The van der Waals surface area contributed by atoms with E-state index >= 15 is 0 Å². The maximum Gasteiger partial charge on any atom is 0.262 e. The summed E-state index contributed by atoms with van der Waals surface area (Å²) < 4.78 is 1.38. The molecule has 0 saturated heterocycles. The maximum absolute atomic E-state index is 12.7. The van der Waals surface area contributed by atoms with Crippen molar-refractivity contribution in [2.45, 2.75) is 46.6 Å². The minimum atomic E-state index is -0.228. The predicted octanol–water partition coefficient (Wildman–Crippen LogP) is 4.23. The molecule has 3 rings (SSSR count). The van der Waals surface area contributed by atoms with Crippen molar-refractivity contribution >= 4 is 33.1 Å². The van der Waals surface area contributed by atoms with Gasteiger partial charge in [0.25, 0.3) is 5.56 Å². The van der Waals surface area contributed by atoms with Crippen molar-refractivity contribution in [1.82, 2.24) is 9.55 Å². The molecule has 136 valence electrons. The van der Waals surface area contributed by atoms with Gasteiger partial charge in [-0.25, -0.2) is 4.98 Å². The van der Waals surface area contributed by atoms with E-state index in [1.54, 1.807) is 0 Å². The number of carbonyl (C=O) groups is 1. The summed E-state index contributed by atoms with van der Waals surface area (Å²) >= 11 is 1.51. The standard InChI is InChI=1S/C20H23N3O2S/c1-5-12(2)15-8-6-7-9-16(15)22-17(24)10-23-11-21-19-18(20(23)25)13(3)14(4)26-19/h6-9,11-12H,5,10H2,1-4H3,(H,22,24)/t12-/m1/s1. The second-order valence-corrected chi connectivity index (χ2v) is 7.79. The topological polar surface area (TPSA) is 64.0 Å². The third-order valence-electron chi connectivity index (χ3n) is 4.85. The van der Waals surface area contributed by atoms with Gasteiger partial charge < -0.3 is 5.32 Å². The summed E-state index contributed by atoms with van der Waals surface area (Å²) in [7, 11) is 0. The Morgan fingerprint density at radius 3 is 2.77 bits per heavy atom. The van der Waals surface area contributed by atoms with Gasteiger partial charge in [0.2, 0.25) is 5.91 Å². The number of aryl methyl sites for hydroxylation is 2. The number of carbonyl (C=O) groups excluding carboxylic acids is 1. The summed E-state index contributed by atoms with van der Waals surface area (Å²) in [5.74, 6) is 0.122. The van der Waals surface area contributed by atoms with Crippen LogP contribution in [0.2, 0.25) is 0 Å². The molecule has 0 unspecified atom stereocenters. The van der Waals surface area contributed by atoms with E-state index in [1.165, 1.54) is 22.2 Å². The third kappa shape index (κ3) is 3.42. The van der Waals surface area contributed by atoms with Crippen LogP contribution in [0.3, 0.4) is 0 Å². The fourth-order valence-electron chi connectivity index (χ4n) is 2.99. The SMILES string of the molecule is CC[C@@H](C)c1ccccc1NC(=O)Cn1cnc2sc(C)c(C)c2c1=O. The molecule has 0 radical (unpaired) electrons. The first-order chi connectivity index (χ1) is 12.4. The van der Waals surface area contributed by atoms with Gasteiger partial charge in [-0.15, -0.1) is 11.3 Å². The molecule has 0 aliphatic carbocycles. The Hall–Kier alpha value is -2.47. The molecule has 2 aromatic heterocycles. The van der Waals surface area contributed by atoms with Gasteiger partial charge in [0, 0.05) is 10.6 Å². The minimum Gasteiger partial charge on any atom is -0.324 e. The molecule has 0 saturated carbocycles. The molecule has 0 aliphatic heterocycles. The van der Waals surface area contributed by atoms with Crippen LogP contribution in [0, 0.1) is 13.8 Å². The van der Waals surface area contributed by atoms with Crippen LogP contribution in [0.25, 0.3) is 10.2 Å². The second-order valence-electron chi connectivity index (χ2n) is 6.59. The molecular weight excluding hydrogens is 346 g/mol. The number of rotatable bonds is 5. The molecule has 1 N–H and O–H groups in total. The van der Waals surface area contributed by atoms with E-state index in [0.29, 0.717) is 11.3 Å². The van der Waals surface area contributed by atoms with Crippen molar-refractivity contribution < 1.29 is 4.79 Å². The second kappa shape index (κ2) is 7.41. The Morgan fingerprint density at radius 1 is 1.31 bits per heavy atom. The van der Waals surface area contributed by atoms with E-state index in [0.717, 1.165) is 32.9 Å². The highest BCUT2D eigenvalue weighted by atomic mass is 32.1. The number of hydrogen-bond donors (Lipinski definition) is 1. The van der Waals surface area contributed by atoms with Gasteiger partial charge in [-0.2, -0.15) is 0 Å². The number of amides is 1. The molecule has 1 aromatic carbocycles. The zero-order chi connectivity index (χ0) is 18.8. The Labute approximate surface area is 156 Å². The quantitative estimate of drug-likeness (QED) is 0.732. The predicted molar refractivity (Wildman–Crippen MR) is 107 cm³/mol. The highest BCUT2D eigenvalue weighted by Gasteiger charge is 2.15. The monoisotopic (exact) mass is 369 g/mol. The summed E-state index contributed by atoms with van der Waals surface area (Å²) in [6.45, 7) is 8.10. The van der Waals surface area contributed by atoms with Gasteiger partial charge in [0.1, 0.15) is 11.4 Å². The van der Waals surface area contributed by atoms with Crippen LogP contribution in [0.1, 0.15) is 42.2 Å². The number of aromatic nitrogens is 2. The van der Waals surface area contributed by atoms with Crippen LogP contribution < -0.4 is 10.9 Å². The number of nitrogens with zero attached hydrogens (tertiary/aromatic N) is 2. The van der Waals surface area contributed by atoms with Crippen molar-refractivity contribution in [1.29, 1.82) is 0 Å². The lowest BCUT2D eigenvalue weighted by Gasteiger charge is -2.16. The average Bonchev–Trinajstić information content (AvgIpc) is 2.92. The lowest BCUT2D eigenvalue weighted by Crippen LogP contribution is -2.28. The zero-order valence-electron chi connectivity index (χ0n) is 15.5. The summed E-state index contributed by atoms with van der Waals surface area (Å²) in [4.78, 5) is 31.4. The Bertz CT molecular complexity index is 1020. The number of nitrogens with one attached hydrogen (secondary N) is 1. The van der Waals surface area contributed by atoms with E-state index in [-0.39, 0.29) is 18.0 Å². The maximum atomic E-state index is 12.7. The summed E-state index contributed by atoms with van der Waals surface area (Å²) in [6.07, 6.45) is 2.45. The molecule has 0 bridgehead atoms. The van der Waals surface area contributed by atoms with E-state index < -0.39 is 0 Å². The minimum absolute atomic E-state index is 0.0506. The van der Waals surface area contributed by atoms with Gasteiger partial charge in [-0.3, -0.25) is 14.2 Å². The van der Waals surface area contributed by atoms with Crippen molar-refractivity contribution in [3.8, 4) is 0 Å². The summed E-state index contributed by atoms with van der Waals surface area (Å²) in [5.41, 5.74) is 2.69. The molecular formula is C20H23N3O2S. The van der Waals surface area contributed by atoms with E-state index in [9.17, 15) is 9.59 Å². The Kier molecular flexibility index (Phi) is 5.23. The van der Waals surface area contributed by atoms with E-state index in [2.05, 4.69) is 24.1 Å². The van der Waals surface area contributed by atoms with Gasteiger partial charge in [0.05, 0.1) is 11.7 Å². The largest absolute Gasteiger partial charge is 0.324 e. The normalized spacial score (nSPS) is 12.3. The van der Waals surface area contributed by atoms with Crippen molar-refractivity contribution in [3.05, 3.63) is 57.0 Å². The first kappa shape index (κ1) is 18.3. The van der Waals surface area contributed by atoms with Gasteiger partial charge in [0.15, 0.2) is 0 Å². The highest BCUT2D eigenvalue weighted by molar-refractivity contribution is 7.18. The lowest BCUT2D eigenvalue weighted by molar-refractivity contribution is -0.116. The molecule has 2 heterocycles. The van der Waals surface area contributed by atoms with Crippen LogP contribution in [-0.2, 0) is 11.3 Å². The average molecular weight is 369 g/mol. The van der Waals surface area contributed by atoms with Gasteiger partial charge in [-0.05, 0) is 43.4 Å². The molecule has 1 amide bonds. The van der Waals surface area contributed by atoms with Crippen LogP contribution >= 0.6 is 11.3 Å². The number of fused-ring (bicyclic) bond motifs is 1. The van der Waals surface area contributed by atoms with Crippen LogP contribution in [0.15, 0.2) is 35.4 Å². The first-order valence-electron chi connectivity index (χ1n) is 8.76. The molecule has 0 fully saturated rings. The van der Waals surface area contributed by atoms with Crippen LogP contribution in [0.4, 0.5) is 5.69 Å². The molecule has 6 heteroatoms. The van der Waals surface area contributed by atoms with Crippen molar-refractivity contribution in [2.24, 2.45) is 0 Å². The Balaban J connectivity index is 1.86. The molecule has 1 atom stereocenters. The van der Waals surface area contributed by atoms with Gasteiger partial charge >= 0.3 is 0 Å². The van der Waals surface area contributed by atoms with Crippen molar-refractivity contribution in [3.63, 3.8) is 0 Å². The van der Waals surface area contributed by atoms with E-state index in [4.69, 9.17) is 0 Å². The van der Waals surface area contributed by atoms with Crippen molar-refractivity contribution in [2.75, 3.05) is 5.32 Å². The highest BCUT2D eigenvalue weighted by Crippen LogP contribution is 2.27. The number of benzene rings is 1. The number of anilines is 1. The van der Waals surface area contributed by atoms with Crippen LogP contribution in [-0.4, -0.2) is 15.5 Å². The first-order valence-corrected chi connectivity index (χ1v) is 9.58. The fourth-order valence-corrected chi connectivity index (χ4v) is 3.98.